The Balaban J connectivity index is 2.49. The number of rotatable bonds is 6. The summed E-state index contributed by atoms with van der Waals surface area (Å²) >= 11 is 0. The van der Waals surface area contributed by atoms with Gasteiger partial charge in [-0.1, -0.05) is 0 Å². The Hall–Kier alpha value is -1.75. The van der Waals surface area contributed by atoms with Gasteiger partial charge in [0.05, 0.1) is 18.9 Å². The number of nitrogens with one attached hydrogen (secondary N) is 1. The first-order valence-corrected chi connectivity index (χ1v) is 5.94. The molecule has 0 aliphatic carbocycles. The third kappa shape index (κ3) is 4.25. The van der Waals surface area contributed by atoms with Crippen molar-refractivity contribution in [1.29, 1.82) is 0 Å². The van der Waals surface area contributed by atoms with Crippen molar-refractivity contribution >= 4 is 11.6 Å². The fourth-order valence-electron chi connectivity index (χ4n) is 1.58. The summed E-state index contributed by atoms with van der Waals surface area (Å²) in [5.41, 5.74) is 6.67. The number of carbonyl (C=O) groups excluding carboxylic acids is 1. The molecule has 0 saturated carbocycles. The number of nitrogen functional groups attached to an aromatic ring is 1. The number of methoxy groups -OCH3 is 1. The lowest BCUT2D eigenvalue weighted by atomic mass is 10.1. The summed E-state index contributed by atoms with van der Waals surface area (Å²) in [6.07, 6.45) is 1.08. The second kappa shape index (κ2) is 6.86. The second-order valence-electron chi connectivity index (χ2n) is 4.20. The lowest BCUT2D eigenvalue weighted by molar-refractivity contribution is 0.0949. The SMILES string of the molecule is COc1ccc(C(=O)NCCCC(C)O)cc1N. The zero-order valence-corrected chi connectivity index (χ0v) is 10.8. The minimum absolute atomic E-state index is 0.171. The number of hydrogen-bond acceptors (Lipinski definition) is 4. The minimum Gasteiger partial charge on any atom is -0.495 e. The van der Waals surface area contributed by atoms with E-state index in [2.05, 4.69) is 5.32 Å². The molecule has 1 aromatic carbocycles. The Morgan fingerprint density at radius 3 is 2.83 bits per heavy atom. The molecule has 0 aromatic heterocycles. The van der Waals surface area contributed by atoms with Crippen LogP contribution < -0.4 is 15.8 Å². The zero-order chi connectivity index (χ0) is 13.5. The van der Waals surface area contributed by atoms with Crippen LogP contribution in [0.5, 0.6) is 5.75 Å². The molecule has 0 spiro atoms. The van der Waals surface area contributed by atoms with E-state index in [1.54, 1.807) is 25.1 Å². The summed E-state index contributed by atoms with van der Waals surface area (Å²) in [5, 5.41) is 11.9. The number of nitrogens with two attached hydrogens (primary N) is 1. The summed E-state index contributed by atoms with van der Waals surface area (Å²) in [7, 11) is 1.53. The molecule has 0 fully saturated rings. The van der Waals surface area contributed by atoms with Gasteiger partial charge in [-0.3, -0.25) is 4.79 Å². The van der Waals surface area contributed by atoms with Crippen molar-refractivity contribution in [2.75, 3.05) is 19.4 Å². The van der Waals surface area contributed by atoms with Gasteiger partial charge in [0.15, 0.2) is 0 Å². The van der Waals surface area contributed by atoms with E-state index in [9.17, 15) is 4.79 Å². The van der Waals surface area contributed by atoms with Crippen LogP contribution in [0.2, 0.25) is 0 Å². The lowest BCUT2D eigenvalue weighted by Crippen LogP contribution is -2.25. The average Bonchev–Trinajstić information content (AvgIpc) is 2.34. The summed E-state index contributed by atoms with van der Waals surface area (Å²) in [5.74, 6) is 0.385. The van der Waals surface area contributed by atoms with Gasteiger partial charge in [0.1, 0.15) is 5.75 Å². The van der Waals surface area contributed by atoms with E-state index in [0.29, 0.717) is 30.0 Å². The van der Waals surface area contributed by atoms with Crippen molar-refractivity contribution in [3.8, 4) is 5.75 Å². The van der Waals surface area contributed by atoms with Crippen LogP contribution in [0.3, 0.4) is 0 Å². The highest BCUT2D eigenvalue weighted by atomic mass is 16.5. The molecule has 18 heavy (non-hydrogen) atoms. The van der Waals surface area contributed by atoms with Crippen LogP contribution in [0, 0.1) is 0 Å². The molecule has 4 N–H and O–H groups in total. The smallest absolute Gasteiger partial charge is 0.251 e. The fraction of sp³-hybridized carbons (Fsp3) is 0.462. The van der Waals surface area contributed by atoms with E-state index in [4.69, 9.17) is 15.6 Å². The number of carbonyl (C=O) groups is 1. The molecular formula is C13H20N2O3. The predicted molar refractivity (Wildman–Crippen MR) is 70.7 cm³/mol. The molecule has 1 unspecified atom stereocenters. The molecule has 1 aromatic rings. The second-order valence-corrected chi connectivity index (χ2v) is 4.20. The van der Waals surface area contributed by atoms with Gasteiger partial charge >= 0.3 is 0 Å². The fourth-order valence-corrected chi connectivity index (χ4v) is 1.58. The summed E-state index contributed by atoms with van der Waals surface area (Å²) in [4.78, 5) is 11.8. The number of aliphatic hydroxyl groups excluding tert-OH is 1. The van der Waals surface area contributed by atoms with Crippen LogP contribution in [0.25, 0.3) is 0 Å². The van der Waals surface area contributed by atoms with Crippen molar-refractivity contribution in [2.45, 2.75) is 25.9 Å². The molecule has 0 aliphatic heterocycles. The van der Waals surface area contributed by atoms with Crippen LogP contribution in [-0.4, -0.2) is 30.8 Å². The maximum atomic E-state index is 11.8. The van der Waals surface area contributed by atoms with Gasteiger partial charge < -0.3 is 20.9 Å². The maximum Gasteiger partial charge on any atom is 0.251 e. The van der Waals surface area contributed by atoms with Gasteiger partial charge in [-0.15, -0.1) is 0 Å². The van der Waals surface area contributed by atoms with Crippen LogP contribution in [0.4, 0.5) is 5.69 Å². The topological polar surface area (TPSA) is 84.6 Å². The molecule has 0 radical (unpaired) electrons. The minimum atomic E-state index is -0.335. The molecular weight excluding hydrogens is 232 g/mol. The molecule has 1 rings (SSSR count). The summed E-state index contributed by atoms with van der Waals surface area (Å²) in [6, 6.07) is 4.92. The van der Waals surface area contributed by atoms with Crippen molar-refractivity contribution in [3.05, 3.63) is 23.8 Å². The van der Waals surface area contributed by atoms with Gasteiger partial charge in [-0.2, -0.15) is 0 Å². The first-order chi connectivity index (χ1) is 8.54. The third-order valence-electron chi connectivity index (χ3n) is 2.58. The quantitative estimate of drug-likeness (QED) is 0.524. The molecule has 1 atom stereocenters. The van der Waals surface area contributed by atoms with Gasteiger partial charge in [0.2, 0.25) is 0 Å². The number of aliphatic hydroxyl groups is 1. The first kappa shape index (κ1) is 14.3. The molecule has 0 aliphatic rings. The van der Waals surface area contributed by atoms with E-state index in [-0.39, 0.29) is 12.0 Å². The first-order valence-electron chi connectivity index (χ1n) is 5.94. The van der Waals surface area contributed by atoms with E-state index >= 15 is 0 Å². The highest BCUT2D eigenvalue weighted by Gasteiger charge is 2.08. The number of hydrogen-bond donors (Lipinski definition) is 3. The van der Waals surface area contributed by atoms with Crippen molar-refractivity contribution in [1.82, 2.24) is 5.32 Å². The van der Waals surface area contributed by atoms with E-state index in [0.717, 1.165) is 6.42 Å². The highest BCUT2D eigenvalue weighted by Crippen LogP contribution is 2.21. The van der Waals surface area contributed by atoms with Crippen LogP contribution in [0.1, 0.15) is 30.1 Å². The van der Waals surface area contributed by atoms with Crippen molar-refractivity contribution in [2.24, 2.45) is 0 Å². The molecule has 0 saturated heterocycles. The largest absolute Gasteiger partial charge is 0.495 e. The molecule has 0 heterocycles. The molecule has 5 nitrogen and oxygen atoms in total. The Bertz CT molecular complexity index is 405. The number of anilines is 1. The van der Waals surface area contributed by atoms with Crippen LogP contribution in [-0.2, 0) is 0 Å². The monoisotopic (exact) mass is 252 g/mol. The summed E-state index contributed by atoms with van der Waals surface area (Å²) in [6.45, 7) is 2.27. The number of ether oxygens (including phenoxy) is 1. The number of benzene rings is 1. The Kier molecular flexibility index (Phi) is 5.45. The van der Waals surface area contributed by atoms with Gasteiger partial charge in [-0.05, 0) is 38.0 Å². The highest BCUT2D eigenvalue weighted by molar-refractivity contribution is 5.95. The predicted octanol–water partition coefficient (Wildman–Crippen LogP) is 1.17. The number of amides is 1. The maximum absolute atomic E-state index is 11.8. The van der Waals surface area contributed by atoms with Crippen molar-refractivity contribution < 1.29 is 14.6 Å². The standard InChI is InChI=1S/C13H20N2O3/c1-9(16)4-3-7-15-13(17)10-5-6-12(18-2)11(14)8-10/h5-6,8-9,16H,3-4,7,14H2,1-2H3,(H,15,17). The van der Waals surface area contributed by atoms with E-state index in [1.807, 2.05) is 0 Å². The molecule has 100 valence electrons. The van der Waals surface area contributed by atoms with E-state index < -0.39 is 0 Å². The lowest BCUT2D eigenvalue weighted by Gasteiger charge is -2.08. The molecule has 5 heteroatoms. The molecule has 0 bridgehead atoms. The average molecular weight is 252 g/mol. The van der Waals surface area contributed by atoms with Gasteiger partial charge in [-0.25, -0.2) is 0 Å². The Morgan fingerprint density at radius 2 is 2.28 bits per heavy atom. The van der Waals surface area contributed by atoms with Crippen LogP contribution in [0.15, 0.2) is 18.2 Å². The van der Waals surface area contributed by atoms with Gasteiger partial charge in [0, 0.05) is 12.1 Å². The summed E-state index contributed by atoms with van der Waals surface area (Å²) < 4.78 is 5.02. The Labute approximate surface area is 107 Å². The Morgan fingerprint density at radius 1 is 1.56 bits per heavy atom. The van der Waals surface area contributed by atoms with E-state index in [1.165, 1.54) is 7.11 Å². The van der Waals surface area contributed by atoms with Crippen LogP contribution >= 0.6 is 0 Å². The normalized spacial score (nSPS) is 11.9. The third-order valence-corrected chi connectivity index (χ3v) is 2.58. The zero-order valence-electron chi connectivity index (χ0n) is 10.8. The van der Waals surface area contributed by atoms with Crippen molar-refractivity contribution in [3.63, 3.8) is 0 Å². The van der Waals surface area contributed by atoms with Gasteiger partial charge in [0.25, 0.3) is 5.91 Å². The molecule has 1 amide bonds.